The molecule has 0 aromatic heterocycles. The smallest absolute Gasteiger partial charge is 0.142 e. The van der Waals surface area contributed by atoms with E-state index in [1.54, 1.807) is 7.11 Å². The summed E-state index contributed by atoms with van der Waals surface area (Å²) < 4.78 is 5.50. The van der Waals surface area contributed by atoms with E-state index in [1.165, 1.54) is 51.3 Å². The minimum Gasteiger partial charge on any atom is -0.495 e. The minimum absolute atomic E-state index is 0.897. The third-order valence-corrected chi connectivity index (χ3v) is 5.15. The van der Waals surface area contributed by atoms with E-state index in [1.807, 2.05) is 6.07 Å². The maximum Gasteiger partial charge on any atom is 0.142 e. The molecule has 1 aromatic carbocycles. The fourth-order valence-electron chi connectivity index (χ4n) is 3.67. The second-order valence-corrected chi connectivity index (χ2v) is 6.71. The molecular formula is C18H29N3O. The number of methoxy groups -OCH3 is 1. The van der Waals surface area contributed by atoms with Gasteiger partial charge in [0.2, 0.25) is 0 Å². The summed E-state index contributed by atoms with van der Waals surface area (Å²) in [5, 5.41) is 0. The monoisotopic (exact) mass is 303 g/mol. The topological polar surface area (TPSA) is 19.0 Å². The summed E-state index contributed by atoms with van der Waals surface area (Å²) in [7, 11) is 4.00. The molecule has 0 atom stereocenters. The molecule has 4 heteroatoms. The third-order valence-electron chi connectivity index (χ3n) is 5.15. The zero-order valence-electron chi connectivity index (χ0n) is 14.0. The first-order valence-electron chi connectivity index (χ1n) is 8.55. The Bertz CT molecular complexity index is 463. The van der Waals surface area contributed by atoms with E-state index in [0.717, 1.165) is 24.8 Å². The number of ether oxygens (including phenoxy) is 1. The fourth-order valence-corrected chi connectivity index (χ4v) is 3.67. The zero-order valence-corrected chi connectivity index (χ0v) is 14.0. The van der Waals surface area contributed by atoms with Crippen LogP contribution in [0.2, 0.25) is 0 Å². The highest BCUT2D eigenvalue weighted by atomic mass is 16.5. The molecule has 0 unspecified atom stereocenters. The Morgan fingerprint density at radius 2 is 1.68 bits per heavy atom. The van der Waals surface area contributed by atoms with Crippen molar-refractivity contribution in [3.05, 3.63) is 24.3 Å². The van der Waals surface area contributed by atoms with Crippen molar-refractivity contribution in [3.8, 4) is 5.75 Å². The zero-order chi connectivity index (χ0) is 15.4. The number of piperazine rings is 1. The number of nitrogens with zero attached hydrogens (tertiary/aromatic N) is 3. The Balaban J connectivity index is 1.50. The lowest BCUT2D eigenvalue weighted by atomic mass is 9.96. The van der Waals surface area contributed by atoms with Gasteiger partial charge in [0, 0.05) is 32.7 Å². The molecule has 0 N–H and O–H groups in total. The van der Waals surface area contributed by atoms with Crippen molar-refractivity contribution < 1.29 is 4.74 Å². The van der Waals surface area contributed by atoms with Crippen LogP contribution in [-0.2, 0) is 0 Å². The van der Waals surface area contributed by atoms with Crippen molar-refractivity contribution in [1.29, 1.82) is 0 Å². The Morgan fingerprint density at radius 1 is 1.00 bits per heavy atom. The summed E-state index contributed by atoms with van der Waals surface area (Å²) in [6.45, 7) is 8.38. The van der Waals surface area contributed by atoms with Gasteiger partial charge >= 0.3 is 0 Å². The lowest BCUT2D eigenvalue weighted by Gasteiger charge is -2.39. The number of hydrogen-bond donors (Lipinski definition) is 0. The lowest BCUT2D eigenvalue weighted by molar-refractivity contribution is 0.155. The summed E-state index contributed by atoms with van der Waals surface area (Å²) >= 11 is 0. The molecule has 2 saturated heterocycles. The molecule has 2 fully saturated rings. The van der Waals surface area contributed by atoms with E-state index in [9.17, 15) is 0 Å². The van der Waals surface area contributed by atoms with Crippen molar-refractivity contribution in [1.82, 2.24) is 9.80 Å². The first-order chi connectivity index (χ1) is 10.8. The van der Waals surface area contributed by atoms with Gasteiger partial charge in [0.25, 0.3) is 0 Å². The van der Waals surface area contributed by atoms with Crippen LogP contribution in [0.1, 0.15) is 12.8 Å². The maximum absolute atomic E-state index is 5.50. The van der Waals surface area contributed by atoms with Crippen LogP contribution in [0.3, 0.4) is 0 Å². The number of anilines is 1. The van der Waals surface area contributed by atoms with E-state index < -0.39 is 0 Å². The average Bonchev–Trinajstić information content (AvgIpc) is 2.58. The first-order valence-corrected chi connectivity index (χ1v) is 8.55. The van der Waals surface area contributed by atoms with Crippen molar-refractivity contribution in [2.75, 3.05) is 64.9 Å². The van der Waals surface area contributed by atoms with Gasteiger partial charge in [0.15, 0.2) is 0 Å². The average molecular weight is 303 g/mol. The Morgan fingerprint density at radius 3 is 2.36 bits per heavy atom. The lowest BCUT2D eigenvalue weighted by Crippen LogP contribution is -2.48. The van der Waals surface area contributed by atoms with Gasteiger partial charge in [-0.05, 0) is 51.0 Å². The molecular weight excluding hydrogens is 274 g/mol. The van der Waals surface area contributed by atoms with Gasteiger partial charge in [-0.3, -0.25) is 4.90 Å². The molecule has 4 nitrogen and oxygen atoms in total. The summed E-state index contributed by atoms with van der Waals surface area (Å²) in [5.74, 6) is 1.89. The molecule has 0 aliphatic carbocycles. The van der Waals surface area contributed by atoms with Crippen LogP contribution < -0.4 is 9.64 Å². The fraction of sp³-hybridized carbons (Fsp3) is 0.667. The predicted molar refractivity (Wildman–Crippen MR) is 91.9 cm³/mol. The third kappa shape index (κ3) is 3.73. The van der Waals surface area contributed by atoms with Crippen molar-refractivity contribution in [3.63, 3.8) is 0 Å². The van der Waals surface area contributed by atoms with E-state index >= 15 is 0 Å². The van der Waals surface area contributed by atoms with Crippen molar-refractivity contribution in [2.24, 2.45) is 5.92 Å². The van der Waals surface area contributed by atoms with Gasteiger partial charge in [-0.15, -0.1) is 0 Å². The van der Waals surface area contributed by atoms with Crippen LogP contribution in [0.15, 0.2) is 24.3 Å². The van der Waals surface area contributed by atoms with Crippen LogP contribution in [0.5, 0.6) is 5.75 Å². The van der Waals surface area contributed by atoms with Gasteiger partial charge in [-0.2, -0.15) is 0 Å². The molecule has 2 heterocycles. The highest BCUT2D eigenvalue weighted by molar-refractivity contribution is 5.58. The van der Waals surface area contributed by atoms with Crippen LogP contribution in [0.25, 0.3) is 0 Å². The van der Waals surface area contributed by atoms with Crippen LogP contribution >= 0.6 is 0 Å². The number of benzene rings is 1. The van der Waals surface area contributed by atoms with Crippen molar-refractivity contribution in [2.45, 2.75) is 12.8 Å². The normalized spacial score (nSPS) is 22.0. The van der Waals surface area contributed by atoms with Gasteiger partial charge in [-0.1, -0.05) is 12.1 Å². The van der Waals surface area contributed by atoms with Crippen molar-refractivity contribution >= 4 is 5.69 Å². The highest BCUT2D eigenvalue weighted by Gasteiger charge is 2.23. The maximum atomic E-state index is 5.50. The quantitative estimate of drug-likeness (QED) is 0.848. The molecule has 3 rings (SSSR count). The molecule has 0 spiro atoms. The van der Waals surface area contributed by atoms with Crippen LogP contribution in [0, 0.1) is 5.92 Å². The second-order valence-electron chi connectivity index (χ2n) is 6.71. The van der Waals surface area contributed by atoms with E-state index in [2.05, 4.69) is 39.9 Å². The van der Waals surface area contributed by atoms with Crippen LogP contribution in [-0.4, -0.2) is 69.8 Å². The Hall–Kier alpha value is -1.26. The van der Waals surface area contributed by atoms with E-state index in [-0.39, 0.29) is 0 Å². The largest absolute Gasteiger partial charge is 0.495 e. The Labute approximate surface area is 134 Å². The number of hydrogen-bond acceptors (Lipinski definition) is 4. The second kappa shape index (κ2) is 7.34. The van der Waals surface area contributed by atoms with Crippen LogP contribution in [0.4, 0.5) is 5.69 Å². The number of likely N-dealkylation sites (tertiary alicyclic amines) is 1. The minimum atomic E-state index is 0.897. The Kier molecular flexibility index (Phi) is 5.21. The van der Waals surface area contributed by atoms with Gasteiger partial charge in [0.1, 0.15) is 5.75 Å². The van der Waals surface area contributed by atoms with Gasteiger partial charge < -0.3 is 14.5 Å². The molecule has 1 aromatic rings. The highest BCUT2D eigenvalue weighted by Crippen LogP contribution is 2.28. The summed E-state index contributed by atoms with van der Waals surface area (Å²) in [4.78, 5) is 7.57. The molecule has 22 heavy (non-hydrogen) atoms. The molecule has 0 saturated carbocycles. The summed E-state index contributed by atoms with van der Waals surface area (Å²) in [6, 6.07) is 8.37. The summed E-state index contributed by atoms with van der Waals surface area (Å²) in [5.41, 5.74) is 1.24. The number of piperidine rings is 1. The molecule has 2 aliphatic heterocycles. The van der Waals surface area contributed by atoms with Gasteiger partial charge in [0.05, 0.1) is 12.8 Å². The standard InChI is InChI=1S/C18H29N3O/c1-19-9-7-16(8-10-19)15-20-11-13-21(14-12-20)17-5-3-4-6-18(17)22-2/h3-6,16H,7-15H2,1-2H3. The molecule has 0 amide bonds. The molecule has 2 aliphatic rings. The predicted octanol–water partition coefficient (Wildman–Crippen LogP) is 2.16. The van der Waals surface area contributed by atoms with E-state index in [4.69, 9.17) is 4.74 Å². The number of para-hydroxylation sites is 2. The summed E-state index contributed by atoms with van der Waals surface area (Å²) in [6.07, 6.45) is 2.73. The molecule has 0 radical (unpaired) electrons. The van der Waals surface area contributed by atoms with Gasteiger partial charge in [-0.25, -0.2) is 0 Å². The SMILES string of the molecule is COc1ccccc1N1CCN(CC2CCN(C)CC2)CC1. The molecule has 122 valence electrons. The molecule has 0 bridgehead atoms. The number of rotatable bonds is 4. The first kappa shape index (κ1) is 15.6. The van der Waals surface area contributed by atoms with E-state index in [0.29, 0.717) is 0 Å².